The van der Waals surface area contributed by atoms with Crippen LogP contribution in [0.1, 0.15) is 36.8 Å². The fourth-order valence-corrected chi connectivity index (χ4v) is 3.02. The van der Waals surface area contributed by atoms with Gasteiger partial charge >= 0.3 is 5.97 Å². The van der Waals surface area contributed by atoms with Crippen LogP contribution in [0.25, 0.3) is 0 Å². The van der Waals surface area contributed by atoms with Crippen molar-refractivity contribution in [1.82, 2.24) is 0 Å². The van der Waals surface area contributed by atoms with Gasteiger partial charge in [0.15, 0.2) is 11.5 Å². The maximum absolute atomic E-state index is 11.7. The van der Waals surface area contributed by atoms with E-state index in [1.807, 2.05) is 6.92 Å². The minimum absolute atomic E-state index is 0.00521. The Morgan fingerprint density at radius 2 is 1.94 bits per heavy atom. The molecule has 1 aliphatic rings. The molecule has 4 nitrogen and oxygen atoms in total. The van der Waals surface area contributed by atoms with Crippen molar-refractivity contribution in [2.24, 2.45) is 0 Å². The summed E-state index contributed by atoms with van der Waals surface area (Å²) < 4.78 is 5.23. The summed E-state index contributed by atoms with van der Waals surface area (Å²) in [6.45, 7) is 1.86. The van der Waals surface area contributed by atoms with Gasteiger partial charge in [-0.05, 0) is 31.4 Å². The fraction of sp³-hybridized carbons (Fsp3) is 0.500. The van der Waals surface area contributed by atoms with Gasteiger partial charge in [0, 0.05) is 5.56 Å². The van der Waals surface area contributed by atoms with E-state index in [0.29, 0.717) is 24.2 Å². The number of carboxylic acid groups (broad SMARTS) is 1. The third kappa shape index (κ3) is 1.72. The zero-order valence-electron chi connectivity index (χ0n) is 10.7. The number of ether oxygens (including phenoxy) is 1. The molecular weight excluding hydrogens is 232 g/mol. The van der Waals surface area contributed by atoms with E-state index in [-0.39, 0.29) is 5.75 Å². The van der Waals surface area contributed by atoms with Gasteiger partial charge in [0.2, 0.25) is 0 Å². The van der Waals surface area contributed by atoms with Gasteiger partial charge < -0.3 is 14.9 Å². The van der Waals surface area contributed by atoms with E-state index < -0.39 is 11.4 Å². The molecule has 1 saturated carbocycles. The van der Waals surface area contributed by atoms with Crippen LogP contribution in [0.4, 0.5) is 0 Å². The van der Waals surface area contributed by atoms with Crippen LogP contribution >= 0.6 is 0 Å². The number of carboxylic acids is 1. The highest BCUT2D eigenvalue weighted by Crippen LogP contribution is 2.48. The van der Waals surface area contributed by atoms with Crippen molar-refractivity contribution in [3.05, 3.63) is 23.3 Å². The number of benzene rings is 1. The first-order chi connectivity index (χ1) is 8.53. The van der Waals surface area contributed by atoms with Gasteiger partial charge in [-0.3, -0.25) is 4.79 Å². The number of phenolic OH excluding ortho intramolecular Hbond substituents is 1. The molecule has 2 N–H and O–H groups in total. The number of methoxy groups -OCH3 is 1. The van der Waals surface area contributed by atoms with Crippen LogP contribution in [0.3, 0.4) is 0 Å². The SMILES string of the molecule is COc1c(O)ccc(C)c1C1(C(=O)O)CCCC1. The summed E-state index contributed by atoms with van der Waals surface area (Å²) in [5.74, 6) is -0.517. The number of hydrogen-bond donors (Lipinski definition) is 2. The first kappa shape index (κ1) is 12.7. The van der Waals surface area contributed by atoms with Crippen LogP contribution in [0.15, 0.2) is 12.1 Å². The third-order valence-electron chi connectivity index (χ3n) is 3.89. The number of aromatic hydroxyl groups is 1. The van der Waals surface area contributed by atoms with Gasteiger partial charge in [-0.1, -0.05) is 18.9 Å². The smallest absolute Gasteiger partial charge is 0.314 e. The first-order valence-electron chi connectivity index (χ1n) is 6.13. The second-order valence-corrected chi connectivity index (χ2v) is 4.90. The van der Waals surface area contributed by atoms with Crippen LogP contribution in [0.2, 0.25) is 0 Å². The molecule has 0 aliphatic heterocycles. The zero-order valence-corrected chi connectivity index (χ0v) is 10.7. The third-order valence-corrected chi connectivity index (χ3v) is 3.89. The number of hydrogen-bond acceptors (Lipinski definition) is 3. The number of carbonyl (C=O) groups is 1. The highest BCUT2D eigenvalue weighted by atomic mass is 16.5. The lowest BCUT2D eigenvalue weighted by Gasteiger charge is -2.28. The maximum atomic E-state index is 11.7. The molecule has 1 aliphatic carbocycles. The lowest BCUT2D eigenvalue weighted by atomic mass is 9.76. The fourth-order valence-electron chi connectivity index (χ4n) is 3.02. The van der Waals surface area contributed by atoms with E-state index in [2.05, 4.69) is 0 Å². The Morgan fingerprint density at radius 3 is 2.44 bits per heavy atom. The van der Waals surface area contributed by atoms with Crippen molar-refractivity contribution in [1.29, 1.82) is 0 Å². The van der Waals surface area contributed by atoms with Crippen molar-refractivity contribution in [2.75, 3.05) is 7.11 Å². The molecule has 0 atom stereocenters. The van der Waals surface area contributed by atoms with Crippen molar-refractivity contribution < 1.29 is 19.7 Å². The van der Waals surface area contributed by atoms with E-state index in [0.717, 1.165) is 18.4 Å². The second-order valence-electron chi connectivity index (χ2n) is 4.90. The van der Waals surface area contributed by atoms with E-state index in [9.17, 15) is 15.0 Å². The van der Waals surface area contributed by atoms with E-state index in [1.54, 1.807) is 12.1 Å². The van der Waals surface area contributed by atoms with Crippen molar-refractivity contribution in [2.45, 2.75) is 38.0 Å². The summed E-state index contributed by atoms with van der Waals surface area (Å²) in [7, 11) is 1.46. The van der Waals surface area contributed by atoms with Gasteiger partial charge in [-0.25, -0.2) is 0 Å². The van der Waals surface area contributed by atoms with Gasteiger partial charge in [0.1, 0.15) is 0 Å². The molecule has 4 heteroatoms. The highest BCUT2D eigenvalue weighted by Gasteiger charge is 2.46. The molecule has 18 heavy (non-hydrogen) atoms. The molecular formula is C14H18O4. The summed E-state index contributed by atoms with van der Waals surface area (Å²) in [5.41, 5.74) is 0.581. The molecule has 1 aromatic rings. The van der Waals surface area contributed by atoms with Crippen LogP contribution < -0.4 is 4.74 Å². The van der Waals surface area contributed by atoms with Crippen LogP contribution in [-0.4, -0.2) is 23.3 Å². The maximum Gasteiger partial charge on any atom is 0.314 e. The first-order valence-corrected chi connectivity index (χ1v) is 6.13. The van der Waals surface area contributed by atoms with Crippen LogP contribution in [0.5, 0.6) is 11.5 Å². The summed E-state index contributed by atoms with van der Waals surface area (Å²) in [6, 6.07) is 3.29. The summed E-state index contributed by atoms with van der Waals surface area (Å²) in [4.78, 5) is 11.7. The molecule has 0 saturated heterocycles. The molecule has 0 heterocycles. The Kier molecular flexibility index (Phi) is 3.20. The average Bonchev–Trinajstić information content (AvgIpc) is 2.82. The largest absolute Gasteiger partial charge is 0.504 e. The molecule has 0 amide bonds. The molecule has 98 valence electrons. The van der Waals surface area contributed by atoms with Crippen molar-refractivity contribution in [3.8, 4) is 11.5 Å². The predicted octanol–water partition coefficient (Wildman–Crippen LogP) is 2.61. The average molecular weight is 250 g/mol. The van der Waals surface area contributed by atoms with Gasteiger partial charge in [-0.2, -0.15) is 0 Å². The zero-order chi connectivity index (χ0) is 13.3. The Hall–Kier alpha value is -1.71. The van der Waals surface area contributed by atoms with Crippen LogP contribution in [0, 0.1) is 6.92 Å². The topological polar surface area (TPSA) is 66.8 Å². The lowest BCUT2D eigenvalue weighted by Crippen LogP contribution is -2.33. The minimum atomic E-state index is -0.909. The van der Waals surface area contributed by atoms with Crippen LogP contribution in [-0.2, 0) is 10.2 Å². The molecule has 1 aromatic carbocycles. The Morgan fingerprint density at radius 1 is 1.33 bits per heavy atom. The van der Waals surface area contributed by atoms with Crippen molar-refractivity contribution >= 4 is 5.97 Å². The predicted molar refractivity (Wildman–Crippen MR) is 67.2 cm³/mol. The van der Waals surface area contributed by atoms with E-state index in [4.69, 9.17) is 4.74 Å². The molecule has 0 aromatic heterocycles. The lowest BCUT2D eigenvalue weighted by molar-refractivity contribution is -0.143. The summed E-state index contributed by atoms with van der Waals surface area (Å²) in [6.07, 6.45) is 2.99. The Labute approximate surface area is 106 Å². The molecule has 0 spiro atoms. The molecule has 0 radical (unpaired) electrons. The monoisotopic (exact) mass is 250 g/mol. The normalized spacial score (nSPS) is 17.7. The minimum Gasteiger partial charge on any atom is -0.504 e. The molecule has 0 unspecified atom stereocenters. The van der Waals surface area contributed by atoms with Gasteiger partial charge in [-0.15, -0.1) is 0 Å². The summed E-state index contributed by atoms with van der Waals surface area (Å²) >= 11 is 0. The van der Waals surface area contributed by atoms with Crippen molar-refractivity contribution in [3.63, 3.8) is 0 Å². The number of phenols is 1. The van der Waals surface area contributed by atoms with E-state index >= 15 is 0 Å². The molecule has 1 fully saturated rings. The molecule has 0 bridgehead atoms. The number of aryl methyl sites for hydroxylation is 1. The molecule has 2 rings (SSSR count). The second kappa shape index (κ2) is 4.52. The number of rotatable bonds is 3. The van der Waals surface area contributed by atoms with Gasteiger partial charge in [0.05, 0.1) is 12.5 Å². The van der Waals surface area contributed by atoms with Gasteiger partial charge in [0.25, 0.3) is 0 Å². The summed E-state index contributed by atoms with van der Waals surface area (Å²) in [5, 5.41) is 19.5. The quantitative estimate of drug-likeness (QED) is 0.865. The Balaban J connectivity index is 2.68. The van der Waals surface area contributed by atoms with E-state index in [1.165, 1.54) is 7.11 Å². The highest BCUT2D eigenvalue weighted by molar-refractivity contribution is 5.84. The Bertz CT molecular complexity index is 473. The number of aliphatic carboxylic acids is 1. The standard InChI is InChI=1S/C14H18O4/c1-9-5-6-10(15)12(18-2)11(9)14(13(16)17)7-3-4-8-14/h5-6,15H,3-4,7-8H2,1-2H3,(H,16,17).